The molecule has 2 amide bonds. The number of carbonyl (C=O) groups excluding carboxylic acids is 2. The van der Waals surface area contributed by atoms with Crippen molar-refractivity contribution in [2.24, 2.45) is 5.92 Å². The van der Waals surface area contributed by atoms with Crippen LogP contribution in [0.3, 0.4) is 0 Å². The van der Waals surface area contributed by atoms with Gasteiger partial charge < -0.3 is 15.0 Å². The van der Waals surface area contributed by atoms with Gasteiger partial charge in [0.15, 0.2) is 0 Å². The third kappa shape index (κ3) is 7.36. The number of halogens is 2. The Hall–Kier alpha value is -3.90. The van der Waals surface area contributed by atoms with E-state index in [0.29, 0.717) is 24.3 Å². The van der Waals surface area contributed by atoms with Gasteiger partial charge in [-0.15, -0.1) is 0 Å². The van der Waals surface area contributed by atoms with Gasteiger partial charge in [0.1, 0.15) is 23.3 Å². The van der Waals surface area contributed by atoms with E-state index in [1.807, 2.05) is 43.3 Å². The third-order valence-corrected chi connectivity index (χ3v) is 6.46. The monoisotopic (exact) mass is 551 g/mol. The molecule has 0 spiro atoms. The molecule has 0 bridgehead atoms. The summed E-state index contributed by atoms with van der Waals surface area (Å²) in [7, 11) is 0. The van der Waals surface area contributed by atoms with E-state index in [4.69, 9.17) is 16.3 Å². The third-order valence-electron chi connectivity index (χ3n) is 6.18. The number of aromatic nitrogens is 3. The normalized spacial score (nSPS) is 17.2. The predicted octanol–water partition coefficient (Wildman–Crippen LogP) is 5.49. The maximum atomic E-state index is 15.1. The van der Waals surface area contributed by atoms with E-state index in [9.17, 15) is 9.59 Å². The van der Waals surface area contributed by atoms with Crippen LogP contribution in [0.4, 0.5) is 15.0 Å². The summed E-state index contributed by atoms with van der Waals surface area (Å²) in [6.07, 6.45) is 1.50. The molecule has 1 fully saturated rings. The number of hydrogen-bond acceptors (Lipinski definition) is 5. The molecule has 1 aliphatic rings. The highest BCUT2D eigenvalue weighted by Crippen LogP contribution is 2.26. The van der Waals surface area contributed by atoms with Crippen molar-refractivity contribution in [2.75, 3.05) is 18.4 Å². The molecule has 3 aromatic rings. The van der Waals surface area contributed by atoms with E-state index in [1.54, 1.807) is 27.0 Å². The molecule has 1 saturated heterocycles. The van der Waals surface area contributed by atoms with Gasteiger partial charge in [0, 0.05) is 36.3 Å². The van der Waals surface area contributed by atoms with Gasteiger partial charge in [-0.25, -0.2) is 14.2 Å². The number of pyridine rings is 1. The number of amides is 2. The molecule has 3 heterocycles. The lowest BCUT2D eigenvalue weighted by molar-refractivity contribution is 0.00348. The molecule has 0 saturated carbocycles. The first-order valence-electron chi connectivity index (χ1n) is 12.7. The van der Waals surface area contributed by atoms with Crippen molar-refractivity contribution in [3.63, 3.8) is 0 Å². The van der Waals surface area contributed by atoms with Gasteiger partial charge in [-0.2, -0.15) is 5.10 Å². The zero-order valence-corrected chi connectivity index (χ0v) is 23.1. The number of hydrogen-bond donors (Lipinski definition) is 1. The van der Waals surface area contributed by atoms with Crippen LogP contribution < -0.4 is 5.32 Å². The number of likely N-dealkylation sites (tertiary alicyclic amines) is 1. The molecule has 2 aromatic heterocycles. The first-order chi connectivity index (χ1) is 18.5. The van der Waals surface area contributed by atoms with Crippen LogP contribution >= 0.6 is 11.6 Å². The van der Waals surface area contributed by atoms with Crippen LogP contribution in [0.5, 0.6) is 0 Å². The second-order valence-corrected chi connectivity index (χ2v) is 10.9. The van der Waals surface area contributed by atoms with Crippen LogP contribution in [0.15, 0.2) is 48.8 Å². The molecule has 1 aliphatic heterocycles. The topological polar surface area (TPSA) is 89.4 Å². The Labute approximate surface area is 232 Å². The molecular formula is C29H31ClFN5O3. The molecule has 204 valence electrons. The minimum Gasteiger partial charge on any atom is -0.444 e. The smallest absolute Gasteiger partial charge is 0.410 e. The Morgan fingerprint density at radius 2 is 1.90 bits per heavy atom. The SMILES string of the molecule is Cc1cc(C#Cc2ccccc2)cnc1NC(=O)c1c(Cl)cnn1C[C@@H]1CCN(C(=O)OC(C)(C)C)C[C@H]1F. The van der Waals surface area contributed by atoms with Gasteiger partial charge in [-0.3, -0.25) is 9.48 Å². The molecule has 0 radical (unpaired) electrons. The zero-order chi connectivity index (χ0) is 28.2. The van der Waals surface area contributed by atoms with Crippen LogP contribution in [0.1, 0.15) is 54.4 Å². The lowest BCUT2D eigenvalue weighted by atomic mass is 9.95. The number of benzene rings is 1. The number of rotatable bonds is 4. The molecular weight excluding hydrogens is 521 g/mol. The van der Waals surface area contributed by atoms with E-state index in [-0.39, 0.29) is 23.8 Å². The summed E-state index contributed by atoms with van der Waals surface area (Å²) in [4.78, 5) is 31.2. The summed E-state index contributed by atoms with van der Waals surface area (Å²) in [6, 6.07) is 11.4. The van der Waals surface area contributed by atoms with E-state index in [1.165, 1.54) is 15.8 Å². The Morgan fingerprint density at radius 3 is 2.56 bits per heavy atom. The van der Waals surface area contributed by atoms with Gasteiger partial charge in [-0.05, 0) is 57.9 Å². The summed E-state index contributed by atoms with van der Waals surface area (Å²) in [6.45, 7) is 7.52. The summed E-state index contributed by atoms with van der Waals surface area (Å²) >= 11 is 6.30. The number of alkyl halides is 1. The van der Waals surface area contributed by atoms with Crippen molar-refractivity contribution >= 4 is 29.4 Å². The summed E-state index contributed by atoms with van der Waals surface area (Å²) in [5, 5.41) is 7.14. The van der Waals surface area contributed by atoms with Crippen molar-refractivity contribution in [3.05, 3.63) is 76.2 Å². The molecule has 2 atom stereocenters. The van der Waals surface area contributed by atoms with Gasteiger partial charge in [0.25, 0.3) is 5.91 Å². The largest absolute Gasteiger partial charge is 0.444 e. The summed E-state index contributed by atoms with van der Waals surface area (Å²) in [5.41, 5.74) is 1.79. The fourth-order valence-corrected chi connectivity index (χ4v) is 4.43. The predicted molar refractivity (Wildman–Crippen MR) is 147 cm³/mol. The maximum absolute atomic E-state index is 15.1. The fourth-order valence-electron chi connectivity index (χ4n) is 4.21. The number of nitrogens with one attached hydrogen (secondary N) is 1. The lowest BCUT2D eigenvalue weighted by Crippen LogP contribution is -2.47. The second kappa shape index (κ2) is 11.9. The number of nitrogens with zero attached hydrogens (tertiary/aromatic N) is 4. The number of aryl methyl sites for hydroxylation is 1. The number of carbonyl (C=O) groups is 2. The van der Waals surface area contributed by atoms with Crippen LogP contribution in [0.25, 0.3) is 0 Å². The van der Waals surface area contributed by atoms with E-state index < -0.39 is 29.7 Å². The molecule has 4 rings (SSSR count). The van der Waals surface area contributed by atoms with Crippen LogP contribution in [0.2, 0.25) is 5.02 Å². The molecule has 1 N–H and O–H groups in total. The van der Waals surface area contributed by atoms with Crippen molar-refractivity contribution in [1.29, 1.82) is 0 Å². The number of anilines is 1. The molecule has 1 aromatic carbocycles. The van der Waals surface area contributed by atoms with Gasteiger partial charge in [0.05, 0.1) is 17.8 Å². The quantitative estimate of drug-likeness (QED) is 0.433. The fraction of sp³-hybridized carbons (Fsp3) is 0.379. The van der Waals surface area contributed by atoms with Gasteiger partial charge >= 0.3 is 6.09 Å². The maximum Gasteiger partial charge on any atom is 0.410 e. The minimum atomic E-state index is -1.31. The lowest BCUT2D eigenvalue weighted by Gasteiger charge is -2.35. The first kappa shape index (κ1) is 28.1. The molecule has 39 heavy (non-hydrogen) atoms. The standard InChI is InChI=1S/C29H31ClFN5O3/c1-19-14-21(11-10-20-8-6-5-7-9-20)15-32-26(19)34-27(37)25-23(30)16-33-36(25)17-22-12-13-35(18-24(22)31)28(38)39-29(2,3)4/h5-9,14-16,22,24H,12-13,17-18H2,1-4H3,(H,32,34,37)/t22-,24+/m0/s1. The average Bonchev–Trinajstić information content (AvgIpc) is 3.24. The van der Waals surface area contributed by atoms with Crippen molar-refractivity contribution in [2.45, 2.75) is 52.4 Å². The Bertz CT molecular complexity index is 1410. The molecule has 8 nitrogen and oxygen atoms in total. The average molecular weight is 552 g/mol. The van der Waals surface area contributed by atoms with Gasteiger partial charge in [0.2, 0.25) is 0 Å². The Balaban J connectivity index is 1.41. The Kier molecular flexibility index (Phi) is 8.56. The highest BCUT2D eigenvalue weighted by molar-refractivity contribution is 6.34. The highest BCUT2D eigenvalue weighted by atomic mass is 35.5. The number of ether oxygens (including phenoxy) is 1. The van der Waals surface area contributed by atoms with E-state index >= 15 is 4.39 Å². The second-order valence-electron chi connectivity index (χ2n) is 10.5. The van der Waals surface area contributed by atoms with Crippen LogP contribution in [-0.4, -0.2) is 56.5 Å². The highest BCUT2D eigenvalue weighted by Gasteiger charge is 2.35. The first-order valence-corrected chi connectivity index (χ1v) is 13.1. The molecule has 0 aliphatic carbocycles. The molecule has 10 heteroatoms. The minimum absolute atomic E-state index is 0.0846. The van der Waals surface area contributed by atoms with Crippen LogP contribution in [0, 0.1) is 24.7 Å². The van der Waals surface area contributed by atoms with Crippen molar-refractivity contribution < 1.29 is 18.7 Å². The van der Waals surface area contributed by atoms with E-state index in [2.05, 4.69) is 27.2 Å². The Morgan fingerprint density at radius 1 is 1.18 bits per heavy atom. The summed E-state index contributed by atoms with van der Waals surface area (Å²) < 4.78 is 21.8. The molecule has 0 unspecified atom stereocenters. The summed E-state index contributed by atoms with van der Waals surface area (Å²) in [5.74, 6) is 5.56. The van der Waals surface area contributed by atoms with Crippen molar-refractivity contribution in [3.8, 4) is 11.8 Å². The zero-order valence-electron chi connectivity index (χ0n) is 22.4. The van der Waals surface area contributed by atoms with Crippen LogP contribution in [-0.2, 0) is 11.3 Å². The van der Waals surface area contributed by atoms with Crippen molar-refractivity contribution in [1.82, 2.24) is 19.7 Å². The van der Waals surface area contributed by atoms with Gasteiger partial charge in [-0.1, -0.05) is 41.6 Å². The number of piperidine rings is 1. The van der Waals surface area contributed by atoms with E-state index in [0.717, 1.165) is 11.1 Å².